The lowest BCUT2D eigenvalue weighted by atomic mass is 10.1. The Labute approximate surface area is 128 Å². The zero-order chi connectivity index (χ0) is 15.5. The van der Waals surface area contributed by atoms with Crippen molar-refractivity contribution in [2.75, 3.05) is 5.32 Å². The molecular formula is C18H22N2Si. The third-order valence-electron chi connectivity index (χ3n) is 3.67. The second kappa shape index (κ2) is 6.15. The molecule has 0 amide bonds. The number of nitriles is 1. The first kappa shape index (κ1) is 15.3. The number of nitrogens with one attached hydrogen (secondary N) is 1. The summed E-state index contributed by atoms with van der Waals surface area (Å²) in [4.78, 5) is 0. The second-order valence-corrected chi connectivity index (χ2v) is 11.5. The van der Waals surface area contributed by atoms with E-state index in [1.165, 1.54) is 10.8 Å². The molecule has 0 aromatic heterocycles. The SMILES string of the molecule is Cc1ccc(C#N)cc1NCc1ccc([Si](C)(C)C)cc1. The molecule has 0 unspecified atom stereocenters. The van der Waals surface area contributed by atoms with Gasteiger partial charge in [-0.3, -0.25) is 0 Å². The quantitative estimate of drug-likeness (QED) is 0.864. The molecule has 0 saturated heterocycles. The van der Waals surface area contributed by atoms with Crippen molar-refractivity contribution in [3.05, 3.63) is 59.2 Å². The predicted octanol–water partition coefficient (Wildman–Crippen LogP) is 4.02. The molecule has 2 aromatic carbocycles. The summed E-state index contributed by atoms with van der Waals surface area (Å²) in [6.07, 6.45) is 0. The van der Waals surface area contributed by atoms with Gasteiger partial charge in [-0.1, -0.05) is 55.2 Å². The van der Waals surface area contributed by atoms with E-state index in [1.807, 2.05) is 18.2 Å². The molecule has 0 aliphatic heterocycles. The Hall–Kier alpha value is -2.05. The number of hydrogen-bond donors (Lipinski definition) is 1. The molecule has 0 atom stereocenters. The molecule has 0 aliphatic carbocycles. The molecule has 21 heavy (non-hydrogen) atoms. The van der Waals surface area contributed by atoms with E-state index in [0.29, 0.717) is 5.56 Å². The molecule has 0 fully saturated rings. The van der Waals surface area contributed by atoms with Crippen LogP contribution in [-0.4, -0.2) is 8.07 Å². The molecule has 0 saturated carbocycles. The maximum Gasteiger partial charge on any atom is 0.0992 e. The van der Waals surface area contributed by atoms with Crippen LogP contribution in [0.5, 0.6) is 0 Å². The van der Waals surface area contributed by atoms with Crippen LogP contribution in [-0.2, 0) is 6.54 Å². The summed E-state index contributed by atoms with van der Waals surface area (Å²) < 4.78 is 0. The molecule has 108 valence electrons. The lowest BCUT2D eigenvalue weighted by molar-refractivity contribution is 1.14. The highest BCUT2D eigenvalue weighted by Crippen LogP contribution is 2.17. The molecule has 2 rings (SSSR count). The van der Waals surface area contributed by atoms with Crippen molar-refractivity contribution in [3.63, 3.8) is 0 Å². The Balaban J connectivity index is 2.08. The van der Waals surface area contributed by atoms with Gasteiger partial charge in [0.05, 0.1) is 19.7 Å². The summed E-state index contributed by atoms with van der Waals surface area (Å²) in [7, 11) is -1.22. The number of benzene rings is 2. The van der Waals surface area contributed by atoms with E-state index in [-0.39, 0.29) is 0 Å². The van der Waals surface area contributed by atoms with Crippen LogP contribution in [0.3, 0.4) is 0 Å². The number of rotatable bonds is 4. The van der Waals surface area contributed by atoms with Crippen molar-refractivity contribution in [1.29, 1.82) is 5.26 Å². The van der Waals surface area contributed by atoms with Crippen molar-refractivity contribution < 1.29 is 0 Å². The first-order chi connectivity index (χ1) is 9.90. The lowest BCUT2D eigenvalue weighted by Crippen LogP contribution is -2.37. The van der Waals surface area contributed by atoms with Gasteiger partial charge in [0, 0.05) is 12.2 Å². The lowest BCUT2D eigenvalue weighted by Gasteiger charge is -2.17. The van der Waals surface area contributed by atoms with E-state index in [4.69, 9.17) is 5.26 Å². The van der Waals surface area contributed by atoms with Crippen LogP contribution in [0.4, 0.5) is 5.69 Å². The van der Waals surface area contributed by atoms with Crippen LogP contribution < -0.4 is 10.5 Å². The Bertz CT molecular complexity index is 661. The highest BCUT2D eigenvalue weighted by Gasteiger charge is 2.15. The summed E-state index contributed by atoms with van der Waals surface area (Å²) >= 11 is 0. The van der Waals surface area contributed by atoms with Crippen molar-refractivity contribution >= 4 is 18.9 Å². The van der Waals surface area contributed by atoms with Gasteiger partial charge in [-0.2, -0.15) is 5.26 Å². The smallest absolute Gasteiger partial charge is 0.0992 e. The van der Waals surface area contributed by atoms with Crippen LogP contribution in [0.2, 0.25) is 19.6 Å². The summed E-state index contributed by atoms with van der Waals surface area (Å²) in [6.45, 7) is 9.91. The molecule has 2 aromatic rings. The molecule has 0 aliphatic rings. The van der Waals surface area contributed by atoms with E-state index in [0.717, 1.165) is 17.8 Å². The fraction of sp³-hybridized carbons (Fsp3) is 0.278. The number of anilines is 1. The normalized spacial score (nSPS) is 11.0. The third-order valence-corrected chi connectivity index (χ3v) is 5.73. The van der Waals surface area contributed by atoms with Gasteiger partial charge in [-0.05, 0) is 30.2 Å². The van der Waals surface area contributed by atoms with Crippen LogP contribution in [0.15, 0.2) is 42.5 Å². The summed E-state index contributed by atoms with van der Waals surface area (Å²) in [5, 5.41) is 13.9. The molecule has 0 spiro atoms. The summed E-state index contributed by atoms with van der Waals surface area (Å²) in [6, 6.07) is 16.8. The Kier molecular flexibility index (Phi) is 4.49. The minimum absolute atomic E-state index is 0.692. The van der Waals surface area contributed by atoms with Gasteiger partial charge < -0.3 is 5.32 Å². The maximum absolute atomic E-state index is 8.97. The number of aryl methyl sites for hydroxylation is 1. The zero-order valence-corrected chi connectivity index (χ0v) is 14.2. The van der Waals surface area contributed by atoms with E-state index in [2.05, 4.69) is 62.2 Å². The largest absolute Gasteiger partial charge is 0.381 e. The van der Waals surface area contributed by atoms with Crippen LogP contribution >= 0.6 is 0 Å². The fourth-order valence-corrected chi connectivity index (χ4v) is 3.37. The van der Waals surface area contributed by atoms with Crippen molar-refractivity contribution in [3.8, 4) is 6.07 Å². The van der Waals surface area contributed by atoms with Crippen LogP contribution in [0.1, 0.15) is 16.7 Å². The summed E-state index contributed by atoms with van der Waals surface area (Å²) in [5.74, 6) is 0. The number of nitrogens with zero attached hydrogens (tertiary/aromatic N) is 1. The highest BCUT2D eigenvalue weighted by molar-refractivity contribution is 6.88. The van der Waals surface area contributed by atoms with Crippen LogP contribution in [0, 0.1) is 18.3 Å². The van der Waals surface area contributed by atoms with Crippen LogP contribution in [0.25, 0.3) is 0 Å². The van der Waals surface area contributed by atoms with E-state index in [9.17, 15) is 0 Å². The second-order valence-electron chi connectivity index (χ2n) is 6.44. The fourth-order valence-electron chi connectivity index (χ4n) is 2.20. The minimum atomic E-state index is -1.22. The zero-order valence-electron chi connectivity index (χ0n) is 13.2. The van der Waals surface area contributed by atoms with Gasteiger partial charge in [-0.25, -0.2) is 0 Å². The Morgan fingerprint density at radius 2 is 1.71 bits per heavy atom. The molecule has 2 nitrogen and oxygen atoms in total. The van der Waals surface area contributed by atoms with Gasteiger partial charge in [0.25, 0.3) is 0 Å². The molecule has 0 bridgehead atoms. The molecule has 1 N–H and O–H groups in total. The molecule has 3 heteroatoms. The molecule has 0 radical (unpaired) electrons. The van der Waals surface area contributed by atoms with Gasteiger partial charge in [0.1, 0.15) is 0 Å². The van der Waals surface area contributed by atoms with Gasteiger partial charge in [0.15, 0.2) is 0 Å². The molecular weight excluding hydrogens is 272 g/mol. The Morgan fingerprint density at radius 3 is 2.29 bits per heavy atom. The van der Waals surface area contributed by atoms with Crippen molar-refractivity contribution in [2.45, 2.75) is 33.1 Å². The average Bonchev–Trinajstić information content (AvgIpc) is 2.46. The van der Waals surface area contributed by atoms with Gasteiger partial charge >= 0.3 is 0 Å². The first-order valence-corrected chi connectivity index (χ1v) is 10.7. The van der Waals surface area contributed by atoms with E-state index in [1.54, 1.807) is 0 Å². The third kappa shape index (κ3) is 3.96. The van der Waals surface area contributed by atoms with E-state index >= 15 is 0 Å². The van der Waals surface area contributed by atoms with Crippen molar-refractivity contribution in [1.82, 2.24) is 0 Å². The molecule has 0 heterocycles. The summed E-state index contributed by atoms with van der Waals surface area (Å²) in [5.41, 5.74) is 4.15. The monoisotopic (exact) mass is 294 g/mol. The average molecular weight is 294 g/mol. The Morgan fingerprint density at radius 1 is 1.05 bits per heavy atom. The predicted molar refractivity (Wildman–Crippen MR) is 92.6 cm³/mol. The van der Waals surface area contributed by atoms with Gasteiger partial charge in [0.2, 0.25) is 0 Å². The van der Waals surface area contributed by atoms with Crippen molar-refractivity contribution in [2.24, 2.45) is 0 Å². The van der Waals surface area contributed by atoms with E-state index < -0.39 is 8.07 Å². The minimum Gasteiger partial charge on any atom is -0.381 e. The first-order valence-electron chi connectivity index (χ1n) is 7.24. The standard InChI is InChI=1S/C18H22N2Si/c1-14-5-6-16(12-19)11-18(14)20-13-15-7-9-17(10-8-15)21(2,3)4/h5-11,20H,13H2,1-4H3. The highest BCUT2D eigenvalue weighted by atomic mass is 28.3. The maximum atomic E-state index is 8.97. The number of hydrogen-bond acceptors (Lipinski definition) is 2. The topological polar surface area (TPSA) is 35.8 Å². The van der Waals surface area contributed by atoms with Gasteiger partial charge in [-0.15, -0.1) is 0 Å².